The second kappa shape index (κ2) is 9.51. The molecule has 2 atom stereocenters. The molecule has 8 nitrogen and oxygen atoms in total. The zero-order chi connectivity index (χ0) is 20.8. The number of carbonyl (C=O) groups is 3. The molecule has 29 heavy (non-hydrogen) atoms. The first-order valence-corrected chi connectivity index (χ1v) is 10.0. The summed E-state index contributed by atoms with van der Waals surface area (Å²) < 4.78 is 15.8. The van der Waals surface area contributed by atoms with Crippen LogP contribution < -0.4 is 10.1 Å². The van der Waals surface area contributed by atoms with Gasteiger partial charge in [-0.1, -0.05) is 18.2 Å². The lowest BCUT2D eigenvalue weighted by molar-refractivity contribution is -0.156. The van der Waals surface area contributed by atoms with Crippen molar-refractivity contribution in [3.8, 4) is 5.75 Å². The van der Waals surface area contributed by atoms with E-state index in [9.17, 15) is 14.4 Å². The maximum atomic E-state index is 12.5. The number of benzene rings is 1. The van der Waals surface area contributed by atoms with E-state index in [-0.39, 0.29) is 17.8 Å². The molecule has 1 aliphatic heterocycles. The molecule has 0 spiro atoms. The number of amides is 2. The van der Waals surface area contributed by atoms with E-state index in [0.717, 1.165) is 5.56 Å². The lowest BCUT2D eigenvalue weighted by Crippen LogP contribution is -2.43. The highest BCUT2D eigenvalue weighted by Crippen LogP contribution is 2.41. The number of rotatable bonds is 7. The van der Waals surface area contributed by atoms with Crippen molar-refractivity contribution in [1.82, 2.24) is 10.2 Å². The maximum Gasteiger partial charge on any atom is 0.330 e. The van der Waals surface area contributed by atoms with Crippen LogP contribution in [-0.2, 0) is 25.7 Å². The van der Waals surface area contributed by atoms with Crippen molar-refractivity contribution in [1.29, 1.82) is 0 Å². The highest BCUT2D eigenvalue weighted by Gasteiger charge is 2.43. The third-order valence-corrected chi connectivity index (χ3v) is 5.72. The van der Waals surface area contributed by atoms with E-state index in [1.807, 2.05) is 18.2 Å². The molecule has 1 aliphatic rings. The average molecular weight is 418 g/mol. The molecule has 2 amide bonds. The van der Waals surface area contributed by atoms with Gasteiger partial charge < -0.3 is 24.1 Å². The topological polar surface area (TPSA) is 98.1 Å². The Labute approximate surface area is 172 Å². The van der Waals surface area contributed by atoms with E-state index < -0.39 is 24.5 Å². The van der Waals surface area contributed by atoms with E-state index in [1.54, 1.807) is 25.3 Å². The van der Waals surface area contributed by atoms with Crippen molar-refractivity contribution in [2.24, 2.45) is 0 Å². The molecule has 0 radical (unpaired) electrons. The van der Waals surface area contributed by atoms with Gasteiger partial charge in [-0.3, -0.25) is 9.59 Å². The molecular formula is C20H22N2O6S. The summed E-state index contributed by atoms with van der Waals surface area (Å²) in [5.41, 5.74) is 0.811. The summed E-state index contributed by atoms with van der Waals surface area (Å²) in [4.78, 5) is 38.1. The quantitative estimate of drug-likeness (QED) is 0.688. The zero-order valence-corrected chi connectivity index (χ0v) is 16.9. The predicted octanol–water partition coefficient (Wildman–Crippen LogP) is 2.11. The molecule has 2 heterocycles. The summed E-state index contributed by atoms with van der Waals surface area (Å²) in [5.74, 6) is 0.302. The van der Waals surface area contributed by atoms with Crippen LogP contribution in [0.1, 0.15) is 23.6 Å². The van der Waals surface area contributed by atoms with Crippen molar-refractivity contribution in [3.63, 3.8) is 0 Å². The van der Waals surface area contributed by atoms with Gasteiger partial charge in [-0.05, 0) is 18.2 Å². The second-order valence-corrected chi connectivity index (χ2v) is 7.45. The van der Waals surface area contributed by atoms with Crippen LogP contribution in [-0.4, -0.2) is 48.2 Å². The van der Waals surface area contributed by atoms with Crippen LogP contribution in [0.15, 0.2) is 47.1 Å². The Bertz CT molecular complexity index is 870. The van der Waals surface area contributed by atoms with Crippen LogP contribution in [0.3, 0.4) is 0 Å². The standard InChI is InChI=1S/C20H22N2O6S/c1-13(23)22-15(12-29-19(22)17-8-5-9-27-17)20(25)28-11-18(24)21-10-14-6-3-4-7-16(14)26-2/h3-9,15,19H,10-12H2,1-2H3,(H,21,24)/t15-,19+/m0/s1. The van der Waals surface area contributed by atoms with Crippen LogP contribution in [0.25, 0.3) is 0 Å². The molecule has 1 aromatic carbocycles. The first kappa shape index (κ1) is 20.8. The fourth-order valence-corrected chi connectivity index (χ4v) is 4.47. The van der Waals surface area contributed by atoms with E-state index >= 15 is 0 Å². The number of para-hydroxylation sites is 1. The number of methoxy groups -OCH3 is 1. The molecule has 1 aromatic heterocycles. The van der Waals surface area contributed by atoms with Crippen molar-refractivity contribution < 1.29 is 28.3 Å². The molecular weight excluding hydrogens is 396 g/mol. The summed E-state index contributed by atoms with van der Waals surface area (Å²) in [5, 5.41) is 2.30. The summed E-state index contributed by atoms with van der Waals surface area (Å²) >= 11 is 1.41. The van der Waals surface area contributed by atoms with Crippen molar-refractivity contribution >= 4 is 29.5 Å². The van der Waals surface area contributed by atoms with Crippen LogP contribution in [0, 0.1) is 0 Å². The zero-order valence-electron chi connectivity index (χ0n) is 16.1. The second-order valence-electron chi connectivity index (χ2n) is 6.34. The van der Waals surface area contributed by atoms with Gasteiger partial charge in [0.2, 0.25) is 5.91 Å². The summed E-state index contributed by atoms with van der Waals surface area (Å²) in [6.45, 7) is 1.22. The smallest absolute Gasteiger partial charge is 0.330 e. The van der Waals surface area contributed by atoms with Gasteiger partial charge in [0.05, 0.1) is 13.4 Å². The molecule has 154 valence electrons. The molecule has 1 saturated heterocycles. The Balaban J connectivity index is 1.53. The fraction of sp³-hybridized carbons (Fsp3) is 0.350. The van der Waals surface area contributed by atoms with Crippen molar-refractivity contribution in [3.05, 3.63) is 54.0 Å². The van der Waals surface area contributed by atoms with E-state index in [2.05, 4.69) is 5.32 Å². The van der Waals surface area contributed by atoms with Gasteiger partial charge >= 0.3 is 5.97 Å². The minimum absolute atomic E-state index is 0.250. The number of ether oxygens (including phenoxy) is 2. The maximum absolute atomic E-state index is 12.5. The van der Waals surface area contributed by atoms with E-state index in [1.165, 1.54) is 29.8 Å². The van der Waals surface area contributed by atoms with Gasteiger partial charge in [0.15, 0.2) is 6.61 Å². The minimum atomic E-state index is -0.769. The summed E-state index contributed by atoms with van der Waals surface area (Å²) in [6, 6.07) is 10.0. The number of esters is 1. The molecule has 0 bridgehead atoms. The number of carbonyl (C=O) groups excluding carboxylic acids is 3. The third kappa shape index (κ3) is 4.92. The van der Waals surface area contributed by atoms with Gasteiger partial charge in [-0.15, -0.1) is 11.8 Å². The van der Waals surface area contributed by atoms with Crippen LogP contribution >= 0.6 is 11.8 Å². The molecule has 0 saturated carbocycles. The Morgan fingerprint density at radius 1 is 1.24 bits per heavy atom. The third-order valence-electron chi connectivity index (χ3n) is 4.44. The number of furan rings is 1. The van der Waals surface area contributed by atoms with Crippen LogP contribution in [0.5, 0.6) is 5.75 Å². The Morgan fingerprint density at radius 3 is 2.72 bits per heavy atom. The van der Waals surface area contributed by atoms with Crippen LogP contribution in [0.2, 0.25) is 0 Å². The monoisotopic (exact) mass is 418 g/mol. The average Bonchev–Trinajstić information content (AvgIpc) is 3.40. The molecule has 9 heteroatoms. The van der Waals surface area contributed by atoms with E-state index in [4.69, 9.17) is 13.9 Å². The summed E-state index contributed by atoms with van der Waals surface area (Å²) in [7, 11) is 1.55. The molecule has 2 aromatic rings. The minimum Gasteiger partial charge on any atom is -0.496 e. The number of thioether (sulfide) groups is 1. The summed E-state index contributed by atoms with van der Waals surface area (Å²) in [6.07, 6.45) is 1.52. The first-order chi connectivity index (χ1) is 14.0. The molecule has 0 aliphatic carbocycles. The number of hydrogen-bond acceptors (Lipinski definition) is 7. The highest BCUT2D eigenvalue weighted by molar-refractivity contribution is 7.99. The number of hydrogen-bond donors (Lipinski definition) is 1. The Kier molecular flexibility index (Phi) is 6.82. The molecule has 0 unspecified atom stereocenters. The van der Waals surface area contributed by atoms with Gasteiger partial charge in [-0.2, -0.15) is 0 Å². The normalized spacial score (nSPS) is 18.3. The van der Waals surface area contributed by atoms with Gasteiger partial charge in [0.1, 0.15) is 22.9 Å². The molecule has 3 rings (SSSR count). The Morgan fingerprint density at radius 2 is 2.03 bits per heavy atom. The SMILES string of the molecule is COc1ccccc1CNC(=O)COC(=O)[C@@H]1CS[C@H](c2ccco2)N1C(C)=O. The first-order valence-electron chi connectivity index (χ1n) is 9.00. The Hall–Kier alpha value is -2.94. The largest absolute Gasteiger partial charge is 0.496 e. The van der Waals surface area contributed by atoms with E-state index in [0.29, 0.717) is 17.3 Å². The molecule has 1 fully saturated rings. The van der Waals surface area contributed by atoms with Crippen molar-refractivity contribution in [2.75, 3.05) is 19.5 Å². The van der Waals surface area contributed by atoms with Gasteiger partial charge in [-0.25, -0.2) is 4.79 Å². The van der Waals surface area contributed by atoms with Crippen LogP contribution in [0.4, 0.5) is 0 Å². The van der Waals surface area contributed by atoms with Gasteiger partial charge in [0.25, 0.3) is 5.91 Å². The lowest BCUT2D eigenvalue weighted by Gasteiger charge is -2.25. The van der Waals surface area contributed by atoms with Crippen molar-refractivity contribution in [2.45, 2.75) is 24.9 Å². The number of nitrogens with zero attached hydrogens (tertiary/aromatic N) is 1. The predicted molar refractivity (Wildman–Crippen MR) is 106 cm³/mol. The molecule has 1 N–H and O–H groups in total. The highest BCUT2D eigenvalue weighted by atomic mass is 32.2. The fourth-order valence-electron chi connectivity index (χ4n) is 3.05. The number of nitrogens with one attached hydrogen (secondary N) is 1. The van der Waals surface area contributed by atoms with Gasteiger partial charge in [0, 0.05) is 24.8 Å². The lowest BCUT2D eigenvalue weighted by atomic mass is 10.2.